The number of aliphatic carboxylic acids is 1. The molecule has 0 spiro atoms. The molecule has 0 aliphatic heterocycles. The van der Waals surface area contributed by atoms with Gasteiger partial charge in [-0.15, -0.1) is 0 Å². The van der Waals surface area contributed by atoms with Gasteiger partial charge in [0, 0.05) is 0 Å². The van der Waals surface area contributed by atoms with Gasteiger partial charge in [0.15, 0.2) is 0 Å². The largest absolute Gasteiger partial charge is 1.00 e. The van der Waals surface area contributed by atoms with E-state index in [9.17, 15) is 4.79 Å². The molecule has 0 saturated carbocycles. The molecule has 1 N–H and O–H groups in total. The maximum absolute atomic E-state index is 10.5. The van der Waals surface area contributed by atoms with Crippen molar-refractivity contribution in [2.45, 2.75) is 55.8 Å². The Morgan fingerprint density at radius 2 is 1.79 bits per heavy atom. The standard InChI is InChI=1S/C10H19IO2.Na.H/c1-2-3-4-5-6-7-8-9(11)10(12)13;;/h9H,2-8H2,1H3,(H,12,13);;/q;+1;-1. The van der Waals surface area contributed by atoms with Crippen molar-refractivity contribution < 1.29 is 40.9 Å². The molecule has 14 heavy (non-hydrogen) atoms. The van der Waals surface area contributed by atoms with E-state index in [0.717, 1.165) is 12.8 Å². The van der Waals surface area contributed by atoms with Crippen molar-refractivity contribution in [3.8, 4) is 0 Å². The van der Waals surface area contributed by atoms with Gasteiger partial charge < -0.3 is 6.53 Å². The average molecular weight is 322 g/mol. The average Bonchev–Trinajstić information content (AvgIpc) is 2.10. The van der Waals surface area contributed by atoms with Gasteiger partial charge in [-0.1, -0.05) is 68.0 Å². The zero-order valence-electron chi connectivity index (χ0n) is 10.3. The fourth-order valence-electron chi connectivity index (χ4n) is 1.23. The van der Waals surface area contributed by atoms with E-state index in [-0.39, 0.29) is 34.9 Å². The molecule has 80 valence electrons. The van der Waals surface area contributed by atoms with Gasteiger partial charge in [-0.3, -0.25) is 4.79 Å². The number of hydrogen-bond donors (Lipinski definition) is 1. The first-order chi connectivity index (χ1) is 6.18. The minimum atomic E-state index is -0.672. The van der Waals surface area contributed by atoms with Gasteiger partial charge in [0.25, 0.3) is 0 Å². The molecule has 0 aliphatic carbocycles. The van der Waals surface area contributed by atoms with Crippen molar-refractivity contribution in [2.75, 3.05) is 0 Å². The second-order valence-corrected chi connectivity index (χ2v) is 4.87. The van der Waals surface area contributed by atoms with Crippen LogP contribution in [0.2, 0.25) is 0 Å². The molecular formula is C10H20INaO2. The number of halogens is 1. The summed E-state index contributed by atoms with van der Waals surface area (Å²) in [6.45, 7) is 2.20. The third-order valence-electron chi connectivity index (χ3n) is 2.08. The molecule has 0 amide bonds. The van der Waals surface area contributed by atoms with Crippen molar-refractivity contribution in [3.63, 3.8) is 0 Å². The molecule has 4 heteroatoms. The summed E-state index contributed by atoms with van der Waals surface area (Å²) in [5, 5.41) is 8.62. The van der Waals surface area contributed by atoms with Crippen LogP contribution in [0.5, 0.6) is 0 Å². The third kappa shape index (κ3) is 11.3. The molecule has 0 aromatic carbocycles. The minimum absolute atomic E-state index is 0. The van der Waals surface area contributed by atoms with Gasteiger partial charge in [-0.05, 0) is 6.42 Å². The Kier molecular flexibility index (Phi) is 15.4. The van der Waals surface area contributed by atoms with Crippen molar-refractivity contribution in [1.29, 1.82) is 0 Å². The molecule has 0 heterocycles. The normalized spacial score (nSPS) is 11.9. The maximum atomic E-state index is 10.5. The Bertz CT molecular complexity index is 147. The number of carbonyl (C=O) groups is 1. The molecular weight excluding hydrogens is 302 g/mol. The first kappa shape index (κ1) is 17.6. The van der Waals surface area contributed by atoms with Gasteiger partial charge in [0.05, 0.1) is 0 Å². The number of carboxylic acids is 1. The Labute approximate surface area is 124 Å². The minimum Gasteiger partial charge on any atom is -1.00 e. The summed E-state index contributed by atoms with van der Waals surface area (Å²) >= 11 is 2.00. The van der Waals surface area contributed by atoms with Crippen LogP contribution in [0.3, 0.4) is 0 Å². The second kappa shape index (κ2) is 12.3. The topological polar surface area (TPSA) is 37.3 Å². The van der Waals surface area contributed by atoms with Crippen LogP contribution in [-0.4, -0.2) is 15.0 Å². The summed E-state index contributed by atoms with van der Waals surface area (Å²) in [7, 11) is 0. The SMILES string of the molecule is CCCCCCCCC(I)C(=O)O.[H-].[Na+]. The van der Waals surface area contributed by atoms with E-state index in [1.54, 1.807) is 0 Å². The number of rotatable bonds is 8. The van der Waals surface area contributed by atoms with E-state index < -0.39 is 5.97 Å². The first-order valence-electron chi connectivity index (χ1n) is 5.05. The zero-order valence-corrected chi connectivity index (χ0v) is 13.4. The smallest absolute Gasteiger partial charge is 1.00 e. The number of alkyl halides is 1. The van der Waals surface area contributed by atoms with Gasteiger partial charge in [-0.25, -0.2) is 0 Å². The van der Waals surface area contributed by atoms with E-state index >= 15 is 0 Å². The number of unbranched alkanes of at least 4 members (excludes halogenated alkanes) is 5. The molecule has 1 unspecified atom stereocenters. The molecule has 0 radical (unpaired) electrons. The van der Waals surface area contributed by atoms with Crippen LogP contribution in [-0.2, 0) is 4.79 Å². The summed E-state index contributed by atoms with van der Waals surface area (Å²) in [6.07, 6.45) is 8.21. The van der Waals surface area contributed by atoms with Crippen molar-refractivity contribution in [1.82, 2.24) is 0 Å². The van der Waals surface area contributed by atoms with Crippen LogP contribution in [0, 0.1) is 0 Å². The Balaban J connectivity index is -0.000000720. The molecule has 0 saturated heterocycles. The van der Waals surface area contributed by atoms with Gasteiger partial charge in [-0.2, -0.15) is 0 Å². The van der Waals surface area contributed by atoms with E-state index in [2.05, 4.69) is 6.92 Å². The van der Waals surface area contributed by atoms with Crippen LogP contribution in [0.15, 0.2) is 0 Å². The van der Waals surface area contributed by atoms with Gasteiger partial charge in [0.1, 0.15) is 3.92 Å². The Morgan fingerprint density at radius 1 is 1.29 bits per heavy atom. The summed E-state index contributed by atoms with van der Waals surface area (Å²) in [5.41, 5.74) is 0. The third-order valence-corrected chi connectivity index (χ3v) is 3.23. The summed E-state index contributed by atoms with van der Waals surface area (Å²) in [4.78, 5) is 10.5. The van der Waals surface area contributed by atoms with Crippen molar-refractivity contribution in [3.05, 3.63) is 0 Å². The molecule has 2 nitrogen and oxygen atoms in total. The maximum Gasteiger partial charge on any atom is 1.00 e. The molecule has 0 fully saturated rings. The van der Waals surface area contributed by atoms with E-state index in [1.165, 1.54) is 32.1 Å². The van der Waals surface area contributed by atoms with Crippen LogP contribution >= 0.6 is 22.6 Å². The molecule has 0 aromatic heterocycles. The molecule has 0 aromatic rings. The fourth-order valence-corrected chi connectivity index (χ4v) is 1.67. The molecule has 0 bridgehead atoms. The molecule has 0 aliphatic rings. The van der Waals surface area contributed by atoms with E-state index in [4.69, 9.17) is 5.11 Å². The van der Waals surface area contributed by atoms with Crippen LogP contribution < -0.4 is 29.6 Å². The van der Waals surface area contributed by atoms with Crippen LogP contribution in [0.1, 0.15) is 53.3 Å². The summed E-state index contributed by atoms with van der Waals surface area (Å²) in [5.74, 6) is -0.672. The summed E-state index contributed by atoms with van der Waals surface area (Å²) in [6, 6.07) is 0. The van der Waals surface area contributed by atoms with E-state index in [0.29, 0.717) is 0 Å². The van der Waals surface area contributed by atoms with Gasteiger partial charge in [0.2, 0.25) is 0 Å². The summed E-state index contributed by atoms with van der Waals surface area (Å²) < 4.78 is -0.191. The molecule has 1 atom stereocenters. The number of hydrogen-bond acceptors (Lipinski definition) is 1. The zero-order chi connectivity index (χ0) is 10.1. The van der Waals surface area contributed by atoms with Crippen molar-refractivity contribution >= 4 is 28.6 Å². The van der Waals surface area contributed by atoms with Crippen LogP contribution in [0.4, 0.5) is 0 Å². The fraction of sp³-hybridized carbons (Fsp3) is 0.900. The predicted octanol–water partition coefficient (Wildman–Crippen LogP) is 0.742. The van der Waals surface area contributed by atoms with E-state index in [1.807, 2.05) is 22.6 Å². The van der Waals surface area contributed by atoms with Gasteiger partial charge >= 0.3 is 35.5 Å². The van der Waals surface area contributed by atoms with Crippen molar-refractivity contribution in [2.24, 2.45) is 0 Å². The monoisotopic (exact) mass is 322 g/mol. The predicted molar refractivity (Wildman–Crippen MR) is 64.5 cm³/mol. The Hall–Kier alpha value is 1.20. The first-order valence-corrected chi connectivity index (χ1v) is 6.30. The second-order valence-electron chi connectivity index (χ2n) is 3.36. The number of carboxylic acid groups (broad SMARTS) is 1. The Morgan fingerprint density at radius 3 is 2.29 bits per heavy atom. The molecule has 0 rings (SSSR count). The quantitative estimate of drug-likeness (QED) is 0.310. The van der Waals surface area contributed by atoms with Crippen LogP contribution in [0.25, 0.3) is 0 Å².